The molecule has 5 nitrogen and oxygen atoms in total. The summed E-state index contributed by atoms with van der Waals surface area (Å²) >= 11 is 0. The Morgan fingerprint density at radius 1 is 1.15 bits per heavy atom. The number of sulfone groups is 1. The van der Waals surface area contributed by atoms with Gasteiger partial charge in [0.05, 0.1) is 30.1 Å². The number of nitrogens with one attached hydrogen (secondary N) is 2. The molecule has 2 heterocycles. The second-order valence-electron chi connectivity index (χ2n) is 6.65. The second kappa shape index (κ2) is 6.43. The van der Waals surface area contributed by atoms with Crippen LogP contribution in [0.15, 0.2) is 0 Å². The minimum absolute atomic E-state index is 0.000161. The van der Waals surface area contributed by atoms with Crippen LogP contribution in [0.3, 0.4) is 0 Å². The second-order valence-corrected chi connectivity index (χ2v) is 8.83. The Labute approximate surface area is 122 Å². The van der Waals surface area contributed by atoms with Gasteiger partial charge in [-0.25, -0.2) is 8.42 Å². The van der Waals surface area contributed by atoms with E-state index in [0.29, 0.717) is 13.0 Å². The molecule has 0 unspecified atom stereocenters. The number of likely N-dealkylation sites (tertiary alicyclic amines) is 1. The van der Waals surface area contributed by atoms with Crippen molar-refractivity contribution in [3.8, 4) is 0 Å². The first-order valence-electron chi connectivity index (χ1n) is 7.74. The van der Waals surface area contributed by atoms with Crippen LogP contribution in [-0.2, 0) is 14.6 Å². The Balaban J connectivity index is 1.82. The van der Waals surface area contributed by atoms with Gasteiger partial charge in [-0.15, -0.1) is 0 Å². The highest BCUT2D eigenvalue weighted by Crippen LogP contribution is 2.22. The molecule has 2 saturated heterocycles. The van der Waals surface area contributed by atoms with Crippen molar-refractivity contribution in [1.29, 1.82) is 0 Å². The molecule has 0 spiro atoms. The van der Waals surface area contributed by atoms with Crippen molar-refractivity contribution in [2.24, 2.45) is 0 Å². The lowest BCUT2D eigenvalue weighted by molar-refractivity contribution is -0.893. The molecule has 0 aromatic heterocycles. The minimum Gasteiger partial charge on any atom is -0.345 e. The predicted molar refractivity (Wildman–Crippen MR) is 78.5 cm³/mol. The number of amides is 1. The average Bonchev–Trinajstić information content (AvgIpc) is 2.56. The Morgan fingerprint density at radius 2 is 1.75 bits per heavy atom. The summed E-state index contributed by atoms with van der Waals surface area (Å²) in [5, 5.41) is 2.96. The van der Waals surface area contributed by atoms with Gasteiger partial charge in [0.1, 0.15) is 0 Å². The Bertz CT molecular complexity index is 441. The van der Waals surface area contributed by atoms with E-state index in [9.17, 15) is 13.2 Å². The summed E-state index contributed by atoms with van der Waals surface area (Å²) in [4.78, 5) is 13.5. The smallest absolute Gasteiger partial charge is 0.275 e. The van der Waals surface area contributed by atoms with Crippen molar-refractivity contribution in [1.82, 2.24) is 5.32 Å². The number of carbonyl (C=O) groups excluding carboxylic acids is 1. The largest absolute Gasteiger partial charge is 0.345 e. The Morgan fingerprint density at radius 3 is 2.30 bits per heavy atom. The number of hydrogen-bond donors (Lipinski definition) is 2. The van der Waals surface area contributed by atoms with Crippen molar-refractivity contribution in [2.45, 2.75) is 51.0 Å². The van der Waals surface area contributed by atoms with Crippen LogP contribution in [0, 0.1) is 0 Å². The number of carbonyl (C=O) groups is 1. The molecule has 0 saturated carbocycles. The first-order chi connectivity index (χ1) is 9.39. The van der Waals surface area contributed by atoms with Gasteiger partial charge in [-0.1, -0.05) is 6.42 Å². The minimum atomic E-state index is -2.96. The molecule has 6 heteroatoms. The first-order valence-corrected chi connectivity index (χ1v) is 9.56. The highest BCUT2D eigenvalue weighted by atomic mass is 32.2. The molecule has 20 heavy (non-hydrogen) atoms. The van der Waals surface area contributed by atoms with Crippen LogP contribution in [-0.4, -0.2) is 51.0 Å². The predicted octanol–water partition coefficient (Wildman–Crippen LogP) is -0.471. The molecule has 2 fully saturated rings. The lowest BCUT2D eigenvalue weighted by Crippen LogP contribution is -3.13. The van der Waals surface area contributed by atoms with Crippen LogP contribution >= 0.6 is 0 Å². The van der Waals surface area contributed by atoms with E-state index in [1.54, 1.807) is 0 Å². The highest BCUT2D eigenvalue weighted by molar-refractivity contribution is 7.91. The highest BCUT2D eigenvalue weighted by Gasteiger charge is 2.39. The van der Waals surface area contributed by atoms with Gasteiger partial charge in [-0.2, -0.15) is 0 Å². The van der Waals surface area contributed by atoms with Crippen LogP contribution in [0.1, 0.15) is 45.4 Å². The molecule has 0 radical (unpaired) electrons. The van der Waals surface area contributed by atoms with Gasteiger partial charge >= 0.3 is 0 Å². The van der Waals surface area contributed by atoms with Crippen LogP contribution in [0.25, 0.3) is 0 Å². The Hall–Kier alpha value is -0.620. The van der Waals surface area contributed by atoms with Crippen LogP contribution < -0.4 is 10.2 Å². The molecular weight excluding hydrogens is 276 g/mol. The van der Waals surface area contributed by atoms with E-state index in [1.807, 2.05) is 6.92 Å². The van der Waals surface area contributed by atoms with Crippen molar-refractivity contribution < 1.29 is 18.1 Å². The van der Waals surface area contributed by atoms with E-state index in [4.69, 9.17) is 0 Å². The van der Waals surface area contributed by atoms with Gasteiger partial charge in [0.2, 0.25) is 0 Å². The average molecular weight is 303 g/mol. The fourth-order valence-electron chi connectivity index (χ4n) is 3.30. The van der Waals surface area contributed by atoms with E-state index in [-0.39, 0.29) is 17.4 Å². The molecule has 0 bridgehead atoms. The molecule has 116 valence electrons. The van der Waals surface area contributed by atoms with Gasteiger partial charge in [-0.05, 0) is 39.0 Å². The molecule has 2 rings (SSSR count). The fraction of sp³-hybridized carbons (Fsp3) is 0.929. The standard InChI is InChI=1S/C14H26N2O3S/c1-14(7-10-20(18,19)12-14)15-13(17)11-16-8-5-3-2-4-6-9-16/h2-12H2,1H3,(H,15,17)/p+1/t14-/m0/s1. The summed E-state index contributed by atoms with van der Waals surface area (Å²) in [7, 11) is -2.96. The van der Waals surface area contributed by atoms with E-state index >= 15 is 0 Å². The molecule has 1 atom stereocenters. The topological polar surface area (TPSA) is 67.7 Å². The normalized spacial score (nSPS) is 31.4. The van der Waals surface area contributed by atoms with Gasteiger partial charge < -0.3 is 10.2 Å². The monoisotopic (exact) mass is 303 g/mol. The lowest BCUT2D eigenvalue weighted by Gasteiger charge is -2.26. The maximum Gasteiger partial charge on any atom is 0.275 e. The zero-order valence-corrected chi connectivity index (χ0v) is 13.2. The molecule has 2 aliphatic heterocycles. The molecule has 2 N–H and O–H groups in total. The third-order valence-electron chi connectivity index (χ3n) is 4.42. The quantitative estimate of drug-likeness (QED) is 0.741. The fourth-order valence-corrected chi connectivity index (χ4v) is 5.39. The van der Waals surface area contributed by atoms with E-state index in [2.05, 4.69) is 5.32 Å². The zero-order valence-electron chi connectivity index (χ0n) is 12.4. The van der Waals surface area contributed by atoms with Crippen molar-refractivity contribution in [3.63, 3.8) is 0 Å². The number of hydrogen-bond acceptors (Lipinski definition) is 3. The summed E-state index contributed by atoms with van der Waals surface area (Å²) in [6, 6.07) is 0. The van der Waals surface area contributed by atoms with Gasteiger partial charge in [0, 0.05) is 0 Å². The van der Waals surface area contributed by atoms with Crippen molar-refractivity contribution >= 4 is 15.7 Å². The Kier molecular flexibility index (Phi) is 5.07. The maximum atomic E-state index is 12.2. The summed E-state index contributed by atoms with van der Waals surface area (Å²) in [6.45, 7) is 4.44. The summed E-state index contributed by atoms with van der Waals surface area (Å²) in [5.41, 5.74) is -0.557. The van der Waals surface area contributed by atoms with Crippen molar-refractivity contribution in [3.05, 3.63) is 0 Å². The number of quaternary nitrogens is 1. The molecule has 0 aromatic carbocycles. The summed E-state index contributed by atoms with van der Waals surface area (Å²) < 4.78 is 23.1. The van der Waals surface area contributed by atoms with Gasteiger partial charge in [0.25, 0.3) is 5.91 Å². The molecule has 0 aromatic rings. The number of rotatable bonds is 3. The third-order valence-corrected chi connectivity index (χ3v) is 6.32. The van der Waals surface area contributed by atoms with Crippen molar-refractivity contribution in [2.75, 3.05) is 31.1 Å². The van der Waals surface area contributed by atoms with E-state index in [1.165, 1.54) is 37.0 Å². The van der Waals surface area contributed by atoms with Crippen LogP contribution in [0.4, 0.5) is 0 Å². The molecular formula is C14H27N2O3S+. The van der Waals surface area contributed by atoms with Crippen LogP contribution in [0.2, 0.25) is 0 Å². The van der Waals surface area contributed by atoms with E-state index in [0.717, 1.165) is 13.1 Å². The zero-order chi connectivity index (χ0) is 14.6. The summed E-state index contributed by atoms with van der Waals surface area (Å²) in [5.74, 6) is 0.279. The SMILES string of the molecule is C[C@]1(NC(=O)C[NH+]2CCCCCCC2)CCS(=O)(=O)C1. The van der Waals surface area contributed by atoms with Gasteiger partial charge in [-0.3, -0.25) is 4.79 Å². The molecule has 0 aliphatic carbocycles. The van der Waals surface area contributed by atoms with E-state index < -0.39 is 15.4 Å². The maximum absolute atomic E-state index is 12.2. The first kappa shape index (κ1) is 15.8. The lowest BCUT2D eigenvalue weighted by atomic mass is 10.0. The molecule has 1 amide bonds. The third kappa shape index (κ3) is 4.74. The van der Waals surface area contributed by atoms with Gasteiger partial charge in [0.15, 0.2) is 16.4 Å². The summed E-state index contributed by atoms with van der Waals surface area (Å²) in [6.07, 6.45) is 6.76. The van der Waals surface area contributed by atoms with Crippen LogP contribution in [0.5, 0.6) is 0 Å². The molecule has 2 aliphatic rings.